The van der Waals surface area contributed by atoms with E-state index in [-0.39, 0.29) is 26.6 Å². The van der Waals surface area contributed by atoms with E-state index in [2.05, 4.69) is 36.5 Å². The van der Waals surface area contributed by atoms with Gasteiger partial charge in [-0.05, 0) is 27.6 Å². The fraction of sp³-hybridized carbons (Fsp3) is 0.176. The molecule has 0 spiro atoms. The highest BCUT2D eigenvalue weighted by molar-refractivity contribution is 9.10. The first-order valence-electron chi connectivity index (χ1n) is 8.87. The van der Waals surface area contributed by atoms with Crippen molar-refractivity contribution in [3.8, 4) is 0 Å². The molecule has 2 aliphatic rings. The predicted molar refractivity (Wildman–Crippen MR) is 123 cm³/mol. The van der Waals surface area contributed by atoms with Gasteiger partial charge in [0.25, 0.3) is 11.8 Å². The lowest BCUT2D eigenvalue weighted by molar-refractivity contribution is -0.150. The molecule has 0 radical (unpaired) electrons. The van der Waals surface area contributed by atoms with Gasteiger partial charge in [0.15, 0.2) is 16.6 Å². The van der Waals surface area contributed by atoms with Gasteiger partial charge in [0.2, 0.25) is 0 Å². The standard InChI is InChI=1S/C17H12BrClN6O6S2/c18-7-3-6(31-24-7)2-1-5-4-32-15-10(14(27)25(15)11(5)16(28)29)21-13(26)9(23-30)8-12(19)33-17(20)22-8/h1-3,10,15,30H,4H2,(H2,20,22)(H,21,26)(H,28,29)/b2-1+,23-9-/t10-,15-/m1/s1. The first-order chi connectivity index (χ1) is 15.7. The van der Waals surface area contributed by atoms with Gasteiger partial charge in [-0.3, -0.25) is 14.5 Å². The number of carbonyl (C=O) groups is 3. The van der Waals surface area contributed by atoms with Crippen molar-refractivity contribution in [2.45, 2.75) is 11.4 Å². The van der Waals surface area contributed by atoms with Crippen LogP contribution >= 0.6 is 50.6 Å². The molecule has 16 heteroatoms. The fourth-order valence-corrected chi connectivity index (χ4v) is 5.72. The van der Waals surface area contributed by atoms with Gasteiger partial charge >= 0.3 is 5.97 Å². The number of hydrogen-bond donors (Lipinski definition) is 4. The molecule has 2 aromatic rings. The van der Waals surface area contributed by atoms with Gasteiger partial charge < -0.3 is 25.9 Å². The third kappa shape index (κ3) is 4.36. The van der Waals surface area contributed by atoms with Crippen LogP contribution in [0, 0.1) is 0 Å². The monoisotopic (exact) mass is 574 g/mol. The summed E-state index contributed by atoms with van der Waals surface area (Å²) in [6.07, 6.45) is 3.07. The summed E-state index contributed by atoms with van der Waals surface area (Å²) in [4.78, 5) is 42.3. The number of aromatic nitrogens is 2. The van der Waals surface area contributed by atoms with Crippen LogP contribution in [0.25, 0.3) is 6.08 Å². The third-order valence-corrected chi connectivity index (χ3v) is 7.34. The summed E-state index contributed by atoms with van der Waals surface area (Å²) in [7, 11) is 0. The first-order valence-corrected chi connectivity index (χ1v) is 11.9. The summed E-state index contributed by atoms with van der Waals surface area (Å²) in [6.45, 7) is 0. The van der Waals surface area contributed by atoms with Gasteiger partial charge in [-0.1, -0.05) is 39.3 Å². The number of oxime groups is 1. The molecule has 0 bridgehead atoms. The number of thioether (sulfide) groups is 1. The second-order valence-electron chi connectivity index (χ2n) is 6.55. The Morgan fingerprint density at radius 3 is 2.79 bits per heavy atom. The Kier molecular flexibility index (Phi) is 6.47. The number of hydrogen-bond acceptors (Lipinski definition) is 11. The normalized spacial score (nSPS) is 20.7. The van der Waals surface area contributed by atoms with Crippen molar-refractivity contribution in [1.82, 2.24) is 20.4 Å². The molecule has 2 amide bonds. The lowest BCUT2D eigenvalue weighted by Crippen LogP contribution is -2.71. The number of thiazole rings is 1. The van der Waals surface area contributed by atoms with Crippen molar-refractivity contribution < 1.29 is 29.2 Å². The van der Waals surface area contributed by atoms with E-state index in [0.717, 1.165) is 16.2 Å². The van der Waals surface area contributed by atoms with E-state index in [1.165, 1.54) is 23.9 Å². The van der Waals surface area contributed by atoms with Gasteiger partial charge in [-0.25, -0.2) is 9.78 Å². The number of amides is 2. The van der Waals surface area contributed by atoms with E-state index in [4.69, 9.17) is 21.9 Å². The zero-order chi connectivity index (χ0) is 23.9. The van der Waals surface area contributed by atoms with Crippen LogP contribution in [0.1, 0.15) is 11.5 Å². The molecule has 2 aromatic heterocycles. The maximum atomic E-state index is 12.8. The molecule has 5 N–H and O–H groups in total. The molecule has 1 saturated heterocycles. The van der Waals surface area contributed by atoms with Crippen LogP contribution in [0.5, 0.6) is 0 Å². The number of carbonyl (C=O) groups excluding carboxylic acids is 2. The Balaban J connectivity index is 1.53. The topological polar surface area (TPSA) is 184 Å². The maximum Gasteiger partial charge on any atom is 0.352 e. The van der Waals surface area contributed by atoms with E-state index in [1.807, 2.05) is 0 Å². The highest BCUT2D eigenvalue weighted by atomic mass is 79.9. The molecule has 4 heterocycles. The van der Waals surface area contributed by atoms with Gasteiger partial charge in [0.1, 0.15) is 31.7 Å². The predicted octanol–water partition coefficient (Wildman–Crippen LogP) is 1.76. The number of halogens is 2. The minimum atomic E-state index is -1.29. The van der Waals surface area contributed by atoms with E-state index < -0.39 is 34.9 Å². The Morgan fingerprint density at radius 2 is 2.21 bits per heavy atom. The summed E-state index contributed by atoms with van der Waals surface area (Å²) in [5, 5.41) is 27.4. The van der Waals surface area contributed by atoms with Gasteiger partial charge in [-0.15, -0.1) is 11.8 Å². The Labute approximate surface area is 206 Å². The number of aliphatic carboxylic acids is 1. The van der Waals surface area contributed by atoms with Crippen molar-refractivity contribution >= 4 is 85.3 Å². The molecular formula is C17H12BrClN6O6S2. The Bertz CT molecular complexity index is 1260. The molecule has 4 rings (SSSR count). The lowest BCUT2D eigenvalue weighted by Gasteiger charge is -2.49. The first kappa shape index (κ1) is 23.3. The number of carboxylic acids is 1. The molecule has 33 heavy (non-hydrogen) atoms. The number of nitrogens with two attached hydrogens (primary N) is 1. The minimum Gasteiger partial charge on any atom is -0.477 e. The number of allylic oxidation sites excluding steroid dienone is 1. The third-order valence-electron chi connectivity index (χ3n) is 4.58. The fourth-order valence-electron chi connectivity index (χ4n) is 3.17. The number of anilines is 1. The number of rotatable bonds is 6. The summed E-state index contributed by atoms with van der Waals surface area (Å²) in [5.74, 6) is -2.19. The molecule has 2 atom stereocenters. The van der Waals surface area contributed by atoms with Crippen LogP contribution < -0.4 is 11.1 Å². The second-order valence-corrected chi connectivity index (χ2v) is 10.1. The summed E-state index contributed by atoms with van der Waals surface area (Å²) in [6, 6.07) is 0.554. The smallest absolute Gasteiger partial charge is 0.352 e. The van der Waals surface area contributed by atoms with Gasteiger partial charge in [-0.2, -0.15) is 0 Å². The summed E-state index contributed by atoms with van der Waals surface area (Å²) in [5.41, 5.74) is 5.09. The minimum absolute atomic E-state index is 0.0374. The number of β-lactam (4-membered cyclic amide) rings is 1. The maximum absolute atomic E-state index is 12.8. The van der Waals surface area contributed by atoms with Gasteiger partial charge in [0.05, 0.1) is 0 Å². The van der Waals surface area contributed by atoms with Crippen LogP contribution in [0.2, 0.25) is 4.34 Å². The number of nitrogens with zero attached hydrogens (tertiary/aromatic N) is 4. The highest BCUT2D eigenvalue weighted by Gasteiger charge is 2.54. The number of fused-ring (bicyclic) bond motifs is 1. The van der Waals surface area contributed by atoms with Crippen LogP contribution in [0.3, 0.4) is 0 Å². The quantitative estimate of drug-likeness (QED) is 0.171. The molecule has 0 saturated carbocycles. The van der Waals surface area contributed by atoms with Gasteiger partial charge in [0, 0.05) is 11.8 Å². The van der Waals surface area contributed by atoms with E-state index in [9.17, 15) is 24.7 Å². The average molecular weight is 576 g/mol. The zero-order valence-electron chi connectivity index (χ0n) is 16.1. The van der Waals surface area contributed by atoms with E-state index in [0.29, 0.717) is 15.9 Å². The average Bonchev–Trinajstić information content (AvgIpc) is 3.34. The lowest BCUT2D eigenvalue weighted by atomic mass is 10.0. The zero-order valence-corrected chi connectivity index (χ0v) is 20.0. The van der Waals surface area contributed by atoms with Crippen LogP contribution in [-0.2, 0) is 14.4 Å². The highest BCUT2D eigenvalue weighted by Crippen LogP contribution is 2.41. The van der Waals surface area contributed by atoms with E-state index >= 15 is 0 Å². The number of nitrogens with one attached hydrogen (secondary N) is 1. The molecule has 172 valence electrons. The van der Waals surface area contributed by atoms with Crippen LogP contribution in [0.4, 0.5) is 5.13 Å². The molecular weight excluding hydrogens is 564 g/mol. The van der Waals surface area contributed by atoms with Crippen LogP contribution in [0.15, 0.2) is 37.7 Å². The molecule has 0 aromatic carbocycles. The van der Waals surface area contributed by atoms with E-state index in [1.54, 1.807) is 6.07 Å². The largest absolute Gasteiger partial charge is 0.477 e. The molecule has 1 fully saturated rings. The van der Waals surface area contributed by atoms with Crippen molar-refractivity contribution in [2.75, 3.05) is 11.5 Å². The molecule has 2 aliphatic heterocycles. The van der Waals surface area contributed by atoms with Crippen LogP contribution in [-0.4, -0.2) is 66.0 Å². The SMILES string of the molecule is Nc1nc(/C(=N/O)C(=O)N[C@@H]2C(=O)N3C(C(=O)O)=C(/C=C/c4cc(Br)no4)CS[C@H]23)c(Cl)s1. The Hall–Kier alpha value is -2.88. The Morgan fingerprint density at radius 1 is 1.45 bits per heavy atom. The molecule has 12 nitrogen and oxygen atoms in total. The number of carboxylic acid groups (broad SMARTS) is 1. The van der Waals surface area contributed by atoms with Crippen molar-refractivity contribution in [3.63, 3.8) is 0 Å². The van der Waals surface area contributed by atoms with Crippen molar-refractivity contribution in [1.29, 1.82) is 0 Å². The second kappa shape index (κ2) is 9.17. The molecule has 0 aliphatic carbocycles. The van der Waals surface area contributed by atoms with Crippen molar-refractivity contribution in [2.24, 2.45) is 5.16 Å². The summed E-state index contributed by atoms with van der Waals surface area (Å²) < 4.78 is 5.55. The molecule has 0 unspecified atom stereocenters. The summed E-state index contributed by atoms with van der Waals surface area (Å²) >= 11 is 11.3. The number of nitrogen functional groups attached to an aromatic ring is 1. The van der Waals surface area contributed by atoms with Crippen molar-refractivity contribution in [3.05, 3.63) is 43.8 Å².